The van der Waals surface area contributed by atoms with Crippen molar-refractivity contribution >= 4 is 5.91 Å². The van der Waals surface area contributed by atoms with Gasteiger partial charge in [0.2, 0.25) is 5.91 Å². The highest BCUT2D eigenvalue weighted by Gasteiger charge is 2.20. The molecule has 0 aliphatic rings. The fourth-order valence-electron chi connectivity index (χ4n) is 1.52. The summed E-state index contributed by atoms with van der Waals surface area (Å²) in [6, 6.07) is 8.35. The second-order valence-corrected chi connectivity index (χ2v) is 4.01. The largest absolute Gasteiger partial charge is 0.493 e. The Morgan fingerprint density at radius 1 is 1.37 bits per heavy atom. The molecule has 0 saturated carbocycles. The minimum Gasteiger partial charge on any atom is -0.493 e. The number of carbonyl (C=O) groups is 1. The van der Waals surface area contributed by atoms with Crippen LogP contribution in [0.1, 0.15) is 24.5 Å². The van der Waals surface area contributed by atoms with Crippen LogP contribution >= 0.6 is 0 Å². The summed E-state index contributed by atoms with van der Waals surface area (Å²) in [5.74, 6) is -0.112. The van der Waals surface area contributed by atoms with Crippen molar-refractivity contribution in [2.75, 3.05) is 6.61 Å². The SMILES string of the molecule is N#CCCOc1ccc(C(O)C(O)CC(N)=O)cc1. The van der Waals surface area contributed by atoms with Crippen molar-refractivity contribution in [2.45, 2.75) is 25.0 Å². The molecule has 0 aromatic heterocycles. The highest BCUT2D eigenvalue weighted by molar-refractivity contribution is 5.74. The summed E-state index contributed by atoms with van der Waals surface area (Å²) in [6.45, 7) is 0.294. The first kappa shape index (κ1) is 15.0. The average molecular weight is 264 g/mol. The first-order chi connectivity index (χ1) is 9.04. The second-order valence-electron chi connectivity index (χ2n) is 4.01. The molecule has 19 heavy (non-hydrogen) atoms. The van der Waals surface area contributed by atoms with Gasteiger partial charge in [0.25, 0.3) is 0 Å². The van der Waals surface area contributed by atoms with Crippen LogP contribution in [-0.4, -0.2) is 28.8 Å². The maximum absolute atomic E-state index is 10.7. The molecular formula is C13H16N2O4. The van der Waals surface area contributed by atoms with E-state index in [-0.39, 0.29) is 6.42 Å². The van der Waals surface area contributed by atoms with Gasteiger partial charge in [0.1, 0.15) is 18.5 Å². The number of ether oxygens (including phenoxy) is 1. The van der Waals surface area contributed by atoms with Crippen molar-refractivity contribution < 1.29 is 19.7 Å². The molecule has 102 valence electrons. The Kier molecular flexibility index (Phi) is 5.79. The summed E-state index contributed by atoms with van der Waals surface area (Å²) in [7, 11) is 0. The summed E-state index contributed by atoms with van der Waals surface area (Å²) in [5, 5.41) is 27.7. The van der Waals surface area contributed by atoms with Crippen molar-refractivity contribution in [1.29, 1.82) is 5.26 Å². The van der Waals surface area contributed by atoms with Crippen molar-refractivity contribution in [2.24, 2.45) is 5.73 Å². The van der Waals surface area contributed by atoms with E-state index in [1.165, 1.54) is 0 Å². The van der Waals surface area contributed by atoms with Crippen LogP contribution in [0.3, 0.4) is 0 Å². The first-order valence-electron chi connectivity index (χ1n) is 5.78. The Bertz CT molecular complexity index is 453. The summed E-state index contributed by atoms with van der Waals surface area (Å²) >= 11 is 0. The zero-order valence-corrected chi connectivity index (χ0v) is 10.3. The highest BCUT2D eigenvalue weighted by Crippen LogP contribution is 2.21. The molecule has 0 fully saturated rings. The van der Waals surface area contributed by atoms with Gasteiger partial charge in [-0.1, -0.05) is 12.1 Å². The Morgan fingerprint density at radius 3 is 2.53 bits per heavy atom. The molecule has 0 bridgehead atoms. The molecular weight excluding hydrogens is 248 g/mol. The molecule has 6 nitrogen and oxygen atoms in total. The third-order valence-electron chi connectivity index (χ3n) is 2.48. The maximum Gasteiger partial charge on any atom is 0.220 e. The molecule has 1 rings (SSSR count). The summed E-state index contributed by atoms with van der Waals surface area (Å²) in [4.78, 5) is 10.7. The Morgan fingerprint density at radius 2 is 2.00 bits per heavy atom. The van der Waals surface area contributed by atoms with Gasteiger partial charge in [0, 0.05) is 0 Å². The molecule has 2 atom stereocenters. The van der Waals surface area contributed by atoms with Gasteiger partial charge in [-0.15, -0.1) is 0 Å². The number of hydrogen-bond acceptors (Lipinski definition) is 5. The van der Waals surface area contributed by atoms with Crippen molar-refractivity contribution in [1.82, 2.24) is 0 Å². The van der Waals surface area contributed by atoms with Gasteiger partial charge in [-0.2, -0.15) is 5.26 Å². The molecule has 0 spiro atoms. The summed E-state index contributed by atoms with van der Waals surface area (Å²) < 4.78 is 5.27. The van der Waals surface area contributed by atoms with Gasteiger partial charge in [0.05, 0.1) is 25.0 Å². The van der Waals surface area contributed by atoms with E-state index in [4.69, 9.17) is 15.7 Å². The third-order valence-corrected chi connectivity index (χ3v) is 2.48. The van der Waals surface area contributed by atoms with Crippen LogP contribution in [0.5, 0.6) is 5.75 Å². The molecule has 0 aliphatic carbocycles. The molecule has 1 aromatic rings. The van der Waals surface area contributed by atoms with Crippen LogP contribution in [-0.2, 0) is 4.79 Å². The van der Waals surface area contributed by atoms with Gasteiger partial charge in [0.15, 0.2) is 0 Å². The van der Waals surface area contributed by atoms with Crippen LogP contribution in [0.25, 0.3) is 0 Å². The number of rotatable bonds is 7. The van der Waals surface area contributed by atoms with Gasteiger partial charge >= 0.3 is 0 Å². The van der Waals surface area contributed by atoms with E-state index < -0.39 is 18.1 Å². The standard InChI is InChI=1S/C13H16N2O4/c14-6-1-7-19-10-4-2-9(3-5-10)13(18)11(16)8-12(15)17/h2-5,11,13,16,18H,1,7-8H2,(H2,15,17). The number of hydrogen-bond donors (Lipinski definition) is 3. The zero-order valence-electron chi connectivity index (χ0n) is 10.3. The zero-order chi connectivity index (χ0) is 14.3. The number of primary amides is 1. The minimum absolute atomic E-state index is 0.293. The molecule has 0 heterocycles. The Labute approximate surface area is 111 Å². The number of carbonyl (C=O) groups excluding carboxylic acids is 1. The predicted molar refractivity (Wildman–Crippen MR) is 66.9 cm³/mol. The summed E-state index contributed by atoms with van der Waals surface area (Å²) in [6.07, 6.45) is -2.42. The molecule has 2 unspecified atom stereocenters. The van der Waals surface area contributed by atoms with Gasteiger partial charge in [-0.25, -0.2) is 0 Å². The van der Waals surface area contributed by atoms with Crippen molar-refractivity contribution in [3.63, 3.8) is 0 Å². The normalized spacial score (nSPS) is 13.3. The Balaban J connectivity index is 2.60. The van der Waals surface area contributed by atoms with Crippen molar-refractivity contribution in [3.8, 4) is 11.8 Å². The topological polar surface area (TPSA) is 117 Å². The van der Waals surface area contributed by atoms with E-state index in [2.05, 4.69) is 0 Å². The molecule has 0 aliphatic heterocycles. The van der Waals surface area contributed by atoms with Crippen molar-refractivity contribution in [3.05, 3.63) is 29.8 Å². The molecule has 4 N–H and O–H groups in total. The quantitative estimate of drug-likeness (QED) is 0.610. The predicted octanol–water partition coefficient (Wildman–Crippen LogP) is 0.249. The van der Waals surface area contributed by atoms with Gasteiger partial charge < -0.3 is 20.7 Å². The lowest BCUT2D eigenvalue weighted by atomic mass is 10.0. The molecule has 0 radical (unpaired) electrons. The third kappa shape index (κ3) is 4.95. The molecule has 1 amide bonds. The molecule has 6 heteroatoms. The minimum atomic E-state index is -1.23. The fraction of sp³-hybridized carbons (Fsp3) is 0.385. The van der Waals surface area contributed by atoms with E-state index in [0.717, 1.165) is 0 Å². The second kappa shape index (κ2) is 7.36. The highest BCUT2D eigenvalue weighted by atomic mass is 16.5. The maximum atomic E-state index is 10.7. The van der Waals surface area contributed by atoms with E-state index in [0.29, 0.717) is 24.3 Å². The number of benzene rings is 1. The van der Waals surface area contributed by atoms with E-state index in [1.807, 2.05) is 6.07 Å². The summed E-state index contributed by atoms with van der Waals surface area (Å²) in [5.41, 5.74) is 5.40. The Hall–Kier alpha value is -2.10. The number of nitriles is 1. The van der Waals surface area contributed by atoms with Crippen LogP contribution in [0, 0.1) is 11.3 Å². The van der Waals surface area contributed by atoms with Crippen LogP contribution < -0.4 is 10.5 Å². The number of aliphatic hydroxyl groups excluding tert-OH is 2. The number of nitrogens with zero attached hydrogens (tertiary/aromatic N) is 1. The van der Waals surface area contributed by atoms with Gasteiger partial charge in [-0.05, 0) is 17.7 Å². The van der Waals surface area contributed by atoms with Crippen LogP contribution in [0.15, 0.2) is 24.3 Å². The van der Waals surface area contributed by atoms with E-state index >= 15 is 0 Å². The first-order valence-corrected chi connectivity index (χ1v) is 5.78. The lowest BCUT2D eigenvalue weighted by Gasteiger charge is -2.17. The van der Waals surface area contributed by atoms with E-state index in [1.54, 1.807) is 24.3 Å². The monoisotopic (exact) mass is 264 g/mol. The average Bonchev–Trinajstić information content (AvgIpc) is 2.38. The lowest BCUT2D eigenvalue weighted by Crippen LogP contribution is -2.25. The smallest absolute Gasteiger partial charge is 0.220 e. The van der Waals surface area contributed by atoms with Crippen LogP contribution in [0.4, 0.5) is 0 Å². The number of nitrogens with two attached hydrogens (primary N) is 1. The molecule has 1 aromatic carbocycles. The van der Waals surface area contributed by atoms with Crippen LogP contribution in [0.2, 0.25) is 0 Å². The molecule has 0 saturated heterocycles. The number of amides is 1. The fourth-order valence-corrected chi connectivity index (χ4v) is 1.52. The lowest BCUT2D eigenvalue weighted by molar-refractivity contribution is -0.121. The van der Waals surface area contributed by atoms with Gasteiger partial charge in [-0.3, -0.25) is 4.79 Å². The number of aliphatic hydroxyl groups is 2. The van der Waals surface area contributed by atoms with E-state index in [9.17, 15) is 15.0 Å².